The van der Waals surface area contributed by atoms with E-state index in [9.17, 15) is 0 Å². The zero-order chi connectivity index (χ0) is 9.00. The van der Waals surface area contributed by atoms with Gasteiger partial charge in [-0.2, -0.15) is 28.0 Å². The van der Waals surface area contributed by atoms with Crippen molar-refractivity contribution < 1.29 is 74.8 Å². The van der Waals surface area contributed by atoms with E-state index in [1.807, 2.05) is 0 Å². The van der Waals surface area contributed by atoms with Crippen molar-refractivity contribution in [3.8, 4) is 0 Å². The Labute approximate surface area is 75.3 Å². The van der Waals surface area contributed by atoms with E-state index in [-0.39, 0.29) is 17.1 Å². The first kappa shape index (κ1) is 17.8. The van der Waals surface area contributed by atoms with Gasteiger partial charge in [-0.15, -0.1) is 0 Å². The van der Waals surface area contributed by atoms with Gasteiger partial charge >= 0.3 is 0 Å². The van der Waals surface area contributed by atoms with Crippen molar-refractivity contribution in [3.63, 3.8) is 0 Å². The minimum atomic E-state index is -4.69. The summed E-state index contributed by atoms with van der Waals surface area (Å²) in [4.78, 5) is 0. The summed E-state index contributed by atoms with van der Waals surface area (Å²) in [6.45, 7) is 0. The molecule has 11 heavy (non-hydrogen) atoms. The fraction of sp³-hybridized carbons (Fsp3) is 0. The van der Waals surface area contributed by atoms with Crippen LogP contribution in [0, 0.1) is 20.5 Å². The maximum Gasteiger partial charge on any atom is 0.0777 e. The van der Waals surface area contributed by atoms with Gasteiger partial charge in [-0.3, -0.25) is 0 Å². The average molecular weight is 256 g/mol. The Hall–Kier alpha value is 0.779. The van der Waals surface area contributed by atoms with Crippen LogP contribution in [-0.2, 0) is 17.1 Å². The van der Waals surface area contributed by atoms with E-state index in [1.54, 1.807) is 0 Å². The predicted octanol–water partition coefficient (Wildman–Crippen LogP) is -8.25. The molecule has 11 heteroatoms. The second-order valence-corrected chi connectivity index (χ2v) is 2.38. The summed E-state index contributed by atoms with van der Waals surface area (Å²) in [5.74, 6) is 0. The largest absolute Gasteiger partial charge is 0.183 e. The minimum Gasteiger partial charge on any atom is -0.183 e. The SMILES string of the molecule is [Mn].[O-][Cl+3]([O-])([O-])O.[O-][Cl+3]([O-])([O-])O. The van der Waals surface area contributed by atoms with Crippen LogP contribution in [0.25, 0.3) is 0 Å². The first-order valence-corrected chi connectivity index (χ1v) is 3.79. The third-order valence-electron chi connectivity index (χ3n) is 0. The maximum absolute atomic E-state index is 8.60. The van der Waals surface area contributed by atoms with Crippen molar-refractivity contribution in [1.82, 2.24) is 0 Å². The van der Waals surface area contributed by atoms with Gasteiger partial charge in [0.15, 0.2) is 0 Å². The molecule has 2 N–H and O–H groups in total. The molecule has 0 amide bonds. The van der Waals surface area contributed by atoms with Gasteiger partial charge in [0.05, 0.1) is 29.8 Å². The molecule has 0 spiro atoms. The molecule has 0 heterocycles. The van der Waals surface area contributed by atoms with Crippen LogP contribution in [0.15, 0.2) is 0 Å². The van der Waals surface area contributed by atoms with Gasteiger partial charge in [-0.25, -0.2) is 0 Å². The molecule has 0 aromatic carbocycles. The van der Waals surface area contributed by atoms with Gasteiger partial charge in [0, 0.05) is 17.1 Å². The van der Waals surface area contributed by atoms with Crippen LogP contribution < -0.4 is 28.0 Å². The van der Waals surface area contributed by atoms with Gasteiger partial charge in [-0.05, 0) is 0 Å². The minimum absolute atomic E-state index is 0. The molecule has 0 aromatic rings. The molecule has 0 aliphatic carbocycles. The predicted molar refractivity (Wildman–Crippen MR) is 4.44 cm³/mol. The van der Waals surface area contributed by atoms with E-state index >= 15 is 0 Å². The van der Waals surface area contributed by atoms with Gasteiger partial charge < -0.3 is 0 Å². The van der Waals surface area contributed by atoms with Crippen molar-refractivity contribution in [2.45, 2.75) is 0 Å². The summed E-state index contributed by atoms with van der Waals surface area (Å²) in [6.07, 6.45) is 0. The first-order valence-electron chi connectivity index (χ1n) is 1.26. The molecule has 0 rings (SSSR count). The van der Waals surface area contributed by atoms with Gasteiger partial charge in [0.25, 0.3) is 0 Å². The van der Waals surface area contributed by atoms with E-state index in [2.05, 4.69) is 0 Å². The Balaban J connectivity index is -0.000000107. The summed E-state index contributed by atoms with van der Waals surface area (Å²) < 4.78 is 65.4. The molecule has 0 aliphatic rings. The van der Waals surface area contributed by atoms with E-state index in [4.69, 9.17) is 37.3 Å². The average Bonchev–Trinajstić information content (AvgIpc) is 1.12. The van der Waals surface area contributed by atoms with E-state index in [0.29, 0.717) is 0 Å². The maximum atomic E-state index is 8.60. The number of hydrogen-bond acceptors (Lipinski definition) is 8. The standard InChI is InChI=1S/2ClHO4.Mn/c2*2-1(3,4)5;/h2*(H,2,3,4,5);. The summed E-state index contributed by atoms with van der Waals surface area (Å²) in [5.41, 5.74) is 0. The Kier molecular flexibility index (Phi) is 10.2. The molecular weight excluding hydrogens is 254 g/mol. The molecule has 0 aromatic heterocycles. The van der Waals surface area contributed by atoms with Crippen molar-refractivity contribution in [2.24, 2.45) is 0 Å². The zero-order valence-electron chi connectivity index (χ0n) is 4.48. The smallest absolute Gasteiger partial charge is 0.0777 e. The molecule has 8 nitrogen and oxygen atoms in total. The molecule has 0 unspecified atom stereocenters. The van der Waals surface area contributed by atoms with Crippen molar-refractivity contribution in [1.29, 1.82) is 0 Å². The normalized spacial score (nSPS) is 10.9. The van der Waals surface area contributed by atoms with Crippen molar-refractivity contribution in [2.75, 3.05) is 0 Å². The number of hydrogen-bond donors (Lipinski definition) is 2. The van der Waals surface area contributed by atoms with Crippen molar-refractivity contribution >= 4 is 0 Å². The monoisotopic (exact) mass is 255 g/mol. The Morgan fingerprint density at radius 3 is 0.636 bits per heavy atom. The molecule has 0 saturated heterocycles. The zero-order valence-corrected chi connectivity index (χ0v) is 7.17. The summed E-state index contributed by atoms with van der Waals surface area (Å²) >= 11 is 0. The van der Waals surface area contributed by atoms with Gasteiger partial charge in [0.1, 0.15) is 0 Å². The number of rotatable bonds is 0. The van der Waals surface area contributed by atoms with Crippen LogP contribution in [0.1, 0.15) is 0 Å². The quantitative estimate of drug-likeness (QED) is 0.400. The van der Waals surface area contributed by atoms with Crippen LogP contribution in [-0.4, -0.2) is 9.32 Å². The summed E-state index contributed by atoms with van der Waals surface area (Å²) in [6, 6.07) is 0. The first-order chi connectivity index (χ1) is 4.00. The molecule has 0 bridgehead atoms. The second-order valence-electron chi connectivity index (χ2n) is 0.792. The van der Waals surface area contributed by atoms with Crippen LogP contribution in [0.5, 0.6) is 0 Å². The molecule has 0 fully saturated rings. The molecule has 0 atom stereocenters. The molecule has 0 saturated carbocycles. The Bertz CT molecular complexity index is 55.1. The van der Waals surface area contributed by atoms with Crippen LogP contribution >= 0.6 is 0 Å². The fourth-order valence-corrected chi connectivity index (χ4v) is 0. The molecular formula is H2Cl2MnO8. The van der Waals surface area contributed by atoms with E-state index in [1.165, 1.54) is 0 Å². The van der Waals surface area contributed by atoms with Gasteiger partial charge in [-0.1, -0.05) is 0 Å². The Morgan fingerprint density at radius 1 is 0.636 bits per heavy atom. The van der Waals surface area contributed by atoms with Crippen LogP contribution in [0.4, 0.5) is 0 Å². The van der Waals surface area contributed by atoms with Crippen LogP contribution in [0.2, 0.25) is 0 Å². The van der Waals surface area contributed by atoms with Crippen LogP contribution in [0.3, 0.4) is 0 Å². The van der Waals surface area contributed by atoms with Gasteiger partial charge in [0.2, 0.25) is 0 Å². The topological polar surface area (TPSA) is 179 Å². The molecule has 0 aliphatic heterocycles. The van der Waals surface area contributed by atoms with E-state index in [0.717, 1.165) is 0 Å². The van der Waals surface area contributed by atoms with Crippen molar-refractivity contribution in [3.05, 3.63) is 0 Å². The van der Waals surface area contributed by atoms with E-state index < -0.39 is 20.5 Å². The Morgan fingerprint density at radius 2 is 0.636 bits per heavy atom. The molecule has 71 valence electrons. The summed E-state index contributed by atoms with van der Waals surface area (Å²) in [7, 11) is -9.39. The second kappa shape index (κ2) is 6.31. The third kappa shape index (κ3) is 1370. The summed E-state index contributed by atoms with van der Waals surface area (Å²) in [5, 5.41) is 0. The fourth-order valence-electron chi connectivity index (χ4n) is 0. The molecule has 1 radical (unpaired) electrons. The number of halogens is 2. The third-order valence-corrected chi connectivity index (χ3v) is 0.